The molecule has 0 radical (unpaired) electrons. The standard InChI is InChI=1S/C16H12Cl2N2O4/c1-7-9(6-12(21)22)16(23)24-15-13(7)8(2)19-20(15)11-5-3-4-10(17)14(11)18/h3-5H,6H2,1-2H3,(H,21,22). The number of aryl methyl sites for hydroxylation is 2. The molecule has 6 nitrogen and oxygen atoms in total. The molecule has 1 aromatic carbocycles. The summed E-state index contributed by atoms with van der Waals surface area (Å²) in [6, 6.07) is 5.04. The summed E-state index contributed by atoms with van der Waals surface area (Å²) in [5, 5.41) is 14.6. The van der Waals surface area contributed by atoms with Crippen molar-refractivity contribution in [1.82, 2.24) is 9.78 Å². The van der Waals surface area contributed by atoms with Gasteiger partial charge in [0.25, 0.3) is 0 Å². The van der Waals surface area contributed by atoms with Gasteiger partial charge in [0.1, 0.15) is 0 Å². The Kier molecular flexibility index (Phi) is 4.11. The average molecular weight is 367 g/mol. The Bertz CT molecular complexity index is 1040. The molecular formula is C16H12Cl2N2O4. The van der Waals surface area contributed by atoms with Crippen LogP contribution < -0.4 is 5.63 Å². The molecule has 0 aliphatic carbocycles. The van der Waals surface area contributed by atoms with E-state index in [2.05, 4.69) is 5.10 Å². The summed E-state index contributed by atoms with van der Waals surface area (Å²) in [4.78, 5) is 23.2. The lowest BCUT2D eigenvalue weighted by atomic mass is 10.1. The molecule has 0 unspecified atom stereocenters. The first-order valence-corrected chi connectivity index (χ1v) is 7.75. The smallest absolute Gasteiger partial charge is 0.341 e. The van der Waals surface area contributed by atoms with Crippen molar-refractivity contribution < 1.29 is 14.3 Å². The molecule has 0 saturated heterocycles. The number of aromatic nitrogens is 2. The third kappa shape index (κ3) is 2.57. The van der Waals surface area contributed by atoms with Crippen molar-refractivity contribution in [2.75, 3.05) is 0 Å². The van der Waals surface area contributed by atoms with E-state index in [1.54, 1.807) is 32.0 Å². The van der Waals surface area contributed by atoms with Crippen molar-refractivity contribution >= 4 is 40.3 Å². The van der Waals surface area contributed by atoms with Crippen LogP contribution in [0.1, 0.15) is 16.8 Å². The number of carboxylic acid groups (broad SMARTS) is 1. The van der Waals surface area contributed by atoms with Crippen molar-refractivity contribution in [2.45, 2.75) is 20.3 Å². The third-order valence-electron chi connectivity index (χ3n) is 3.77. The van der Waals surface area contributed by atoms with E-state index in [0.717, 1.165) is 0 Å². The monoisotopic (exact) mass is 366 g/mol. The SMILES string of the molecule is Cc1nn(-c2cccc(Cl)c2Cl)c2oc(=O)c(CC(=O)O)c(C)c12. The second-order valence-electron chi connectivity index (χ2n) is 5.31. The van der Waals surface area contributed by atoms with Gasteiger partial charge in [-0.3, -0.25) is 4.79 Å². The molecule has 8 heteroatoms. The quantitative estimate of drug-likeness (QED) is 0.766. The topological polar surface area (TPSA) is 85.3 Å². The van der Waals surface area contributed by atoms with Crippen LogP contribution in [0, 0.1) is 13.8 Å². The molecule has 124 valence electrons. The van der Waals surface area contributed by atoms with E-state index >= 15 is 0 Å². The van der Waals surface area contributed by atoms with Gasteiger partial charge in [0, 0.05) is 0 Å². The van der Waals surface area contributed by atoms with Gasteiger partial charge in [0.2, 0.25) is 5.71 Å². The number of fused-ring (bicyclic) bond motifs is 1. The summed E-state index contributed by atoms with van der Waals surface area (Å²) in [5.74, 6) is -1.10. The molecule has 2 aromatic heterocycles. The van der Waals surface area contributed by atoms with Gasteiger partial charge >= 0.3 is 11.6 Å². The minimum Gasteiger partial charge on any atom is -0.481 e. The zero-order chi connectivity index (χ0) is 17.6. The van der Waals surface area contributed by atoms with E-state index in [-0.39, 0.29) is 16.3 Å². The second-order valence-corrected chi connectivity index (χ2v) is 6.10. The highest BCUT2D eigenvalue weighted by Gasteiger charge is 2.21. The highest BCUT2D eigenvalue weighted by atomic mass is 35.5. The van der Waals surface area contributed by atoms with Crippen LogP contribution >= 0.6 is 23.2 Å². The number of hydrogen-bond donors (Lipinski definition) is 1. The molecular weight excluding hydrogens is 355 g/mol. The van der Waals surface area contributed by atoms with E-state index in [1.807, 2.05) is 0 Å². The van der Waals surface area contributed by atoms with Gasteiger partial charge in [-0.05, 0) is 31.5 Å². The predicted molar refractivity (Wildman–Crippen MR) is 90.4 cm³/mol. The molecule has 1 N–H and O–H groups in total. The second kappa shape index (κ2) is 5.96. The van der Waals surface area contributed by atoms with Gasteiger partial charge in [0.15, 0.2) is 0 Å². The molecule has 0 aliphatic heterocycles. The predicted octanol–water partition coefficient (Wildman–Crippen LogP) is 3.53. The number of nitrogens with zero attached hydrogens (tertiary/aromatic N) is 2. The molecule has 2 heterocycles. The molecule has 0 fully saturated rings. The van der Waals surface area contributed by atoms with Crippen molar-refractivity contribution in [2.24, 2.45) is 0 Å². The molecule has 3 rings (SSSR count). The lowest BCUT2D eigenvalue weighted by Crippen LogP contribution is -2.15. The van der Waals surface area contributed by atoms with Gasteiger partial charge < -0.3 is 9.52 Å². The van der Waals surface area contributed by atoms with Crippen molar-refractivity contribution in [1.29, 1.82) is 0 Å². The van der Waals surface area contributed by atoms with Crippen LogP contribution in [-0.2, 0) is 11.2 Å². The van der Waals surface area contributed by atoms with Gasteiger partial charge in [-0.25, -0.2) is 4.79 Å². The van der Waals surface area contributed by atoms with Crippen LogP contribution in [0.4, 0.5) is 0 Å². The molecule has 0 spiro atoms. The van der Waals surface area contributed by atoms with E-state index in [0.29, 0.717) is 27.4 Å². The average Bonchev–Trinajstić information content (AvgIpc) is 2.82. The Morgan fingerprint density at radius 3 is 2.71 bits per heavy atom. The Hall–Kier alpha value is -2.31. The molecule has 3 aromatic rings. The lowest BCUT2D eigenvalue weighted by Gasteiger charge is -2.07. The summed E-state index contributed by atoms with van der Waals surface area (Å²) < 4.78 is 6.76. The fraction of sp³-hybridized carbons (Fsp3) is 0.188. The summed E-state index contributed by atoms with van der Waals surface area (Å²) in [6.07, 6.45) is -0.410. The van der Waals surface area contributed by atoms with Crippen molar-refractivity contribution in [3.05, 3.63) is 55.5 Å². The third-order valence-corrected chi connectivity index (χ3v) is 4.58. The first-order valence-electron chi connectivity index (χ1n) is 6.99. The summed E-state index contributed by atoms with van der Waals surface area (Å²) >= 11 is 12.3. The number of halogens is 2. The van der Waals surface area contributed by atoms with Gasteiger partial charge in [-0.2, -0.15) is 9.78 Å². The number of hydrogen-bond acceptors (Lipinski definition) is 4. The zero-order valence-electron chi connectivity index (χ0n) is 12.8. The zero-order valence-corrected chi connectivity index (χ0v) is 14.3. The summed E-state index contributed by atoms with van der Waals surface area (Å²) in [6.45, 7) is 3.42. The largest absolute Gasteiger partial charge is 0.481 e. The Morgan fingerprint density at radius 2 is 2.04 bits per heavy atom. The molecule has 0 amide bonds. The van der Waals surface area contributed by atoms with E-state index < -0.39 is 18.0 Å². The van der Waals surface area contributed by atoms with Crippen LogP contribution in [0.15, 0.2) is 27.4 Å². The van der Waals surface area contributed by atoms with Crippen LogP contribution in [0.3, 0.4) is 0 Å². The normalized spacial score (nSPS) is 11.2. The minimum absolute atomic E-state index is 0.106. The van der Waals surface area contributed by atoms with E-state index in [4.69, 9.17) is 32.7 Å². The minimum atomic E-state index is -1.10. The highest BCUT2D eigenvalue weighted by Crippen LogP contribution is 2.32. The van der Waals surface area contributed by atoms with Crippen molar-refractivity contribution in [3.63, 3.8) is 0 Å². The summed E-state index contributed by atoms with van der Waals surface area (Å²) in [5.41, 5.74) is 1.19. The Labute approximate surface area is 146 Å². The summed E-state index contributed by atoms with van der Waals surface area (Å²) in [7, 11) is 0. The first-order chi connectivity index (χ1) is 11.3. The maximum Gasteiger partial charge on any atom is 0.341 e. The number of carbonyl (C=O) groups is 1. The molecule has 0 atom stereocenters. The maximum atomic E-state index is 12.2. The van der Waals surface area contributed by atoms with Crippen LogP contribution in [0.5, 0.6) is 0 Å². The van der Waals surface area contributed by atoms with Gasteiger partial charge in [-0.1, -0.05) is 29.3 Å². The lowest BCUT2D eigenvalue weighted by molar-refractivity contribution is -0.136. The van der Waals surface area contributed by atoms with E-state index in [1.165, 1.54) is 4.68 Å². The number of benzene rings is 1. The molecule has 0 saturated carbocycles. The van der Waals surface area contributed by atoms with Gasteiger partial charge in [-0.15, -0.1) is 0 Å². The molecule has 24 heavy (non-hydrogen) atoms. The number of rotatable bonds is 3. The van der Waals surface area contributed by atoms with Crippen LogP contribution in [0.25, 0.3) is 16.8 Å². The van der Waals surface area contributed by atoms with Gasteiger partial charge in [0.05, 0.1) is 38.8 Å². The highest BCUT2D eigenvalue weighted by molar-refractivity contribution is 6.43. The molecule has 0 bridgehead atoms. The molecule has 0 aliphatic rings. The Balaban J connectivity index is 2.36. The fourth-order valence-electron chi connectivity index (χ4n) is 2.66. The fourth-order valence-corrected chi connectivity index (χ4v) is 3.04. The number of aliphatic carboxylic acids is 1. The van der Waals surface area contributed by atoms with Crippen LogP contribution in [-0.4, -0.2) is 20.9 Å². The van der Waals surface area contributed by atoms with Crippen LogP contribution in [0.2, 0.25) is 10.0 Å². The Morgan fingerprint density at radius 1 is 1.33 bits per heavy atom. The van der Waals surface area contributed by atoms with E-state index in [9.17, 15) is 9.59 Å². The maximum absolute atomic E-state index is 12.2. The van der Waals surface area contributed by atoms with Crippen molar-refractivity contribution in [3.8, 4) is 5.69 Å². The number of carboxylic acids is 1. The first kappa shape index (κ1) is 16.5.